The zero-order chi connectivity index (χ0) is 22.2. The Morgan fingerprint density at radius 3 is 2.72 bits per heavy atom. The van der Waals surface area contributed by atoms with Gasteiger partial charge in [-0.3, -0.25) is 9.59 Å². The van der Waals surface area contributed by atoms with Crippen LogP contribution < -0.4 is 10.1 Å². The summed E-state index contributed by atoms with van der Waals surface area (Å²) in [5, 5.41) is 23.3. The van der Waals surface area contributed by atoms with E-state index in [9.17, 15) is 19.8 Å². The van der Waals surface area contributed by atoms with Gasteiger partial charge in [-0.1, -0.05) is 18.2 Å². The minimum atomic E-state index is -0.966. The lowest BCUT2D eigenvalue weighted by atomic mass is 9.77. The number of nitrogens with zero attached hydrogens (tertiary/aromatic N) is 1. The molecule has 172 valence electrons. The van der Waals surface area contributed by atoms with Crippen molar-refractivity contribution in [1.82, 2.24) is 10.2 Å². The molecule has 0 radical (unpaired) electrons. The molecule has 2 amide bonds. The molecular weight excluding hydrogens is 412 g/mol. The van der Waals surface area contributed by atoms with Crippen LogP contribution in [0.3, 0.4) is 0 Å². The molecule has 1 aromatic rings. The van der Waals surface area contributed by atoms with Crippen LogP contribution in [0.2, 0.25) is 0 Å². The third-order valence-electron chi connectivity index (χ3n) is 6.95. The Hall–Kier alpha value is -2.42. The van der Waals surface area contributed by atoms with Gasteiger partial charge < -0.3 is 29.9 Å². The van der Waals surface area contributed by atoms with Crippen molar-refractivity contribution in [2.75, 3.05) is 32.9 Å². The van der Waals surface area contributed by atoms with Crippen molar-refractivity contribution in [3.05, 3.63) is 41.5 Å². The number of ether oxygens (including phenoxy) is 2. The number of para-hydroxylation sites is 1. The number of hydrogen-bond acceptors (Lipinski definition) is 6. The fourth-order valence-electron chi connectivity index (χ4n) is 5.09. The minimum Gasteiger partial charge on any atom is -0.486 e. The number of rotatable bonds is 7. The van der Waals surface area contributed by atoms with Gasteiger partial charge >= 0.3 is 0 Å². The van der Waals surface area contributed by atoms with Gasteiger partial charge in [-0.2, -0.15) is 0 Å². The van der Waals surface area contributed by atoms with Crippen LogP contribution in [0.4, 0.5) is 0 Å². The average molecular weight is 443 g/mol. The van der Waals surface area contributed by atoms with E-state index < -0.39 is 24.2 Å². The maximum absolute atomic E-state index is 13.4. The molecule has 0 aromatic heterocycles. The number of carbonyl (C=O) groups excluding carboxylic acids is 2. The standard InChI is InChI=1S/C24H30N2O6/c27-9-8-25-23(29)17-11-18(21(28)22-20(17)16-3-1-2-4-19(16)32-22)26(12-14-5-6-14)24(30)15-7-10-31-13-15/h1-4,11,14-15,18,20-22,27-28H,5-10,12-13H2,(H,25,29). The Labute approximate surface area is 187 Å². The lowest BCUT2D eigenvalue weighted by Gasteiger charge is -2.41. The Bertz CT molecular complexity index is 908. The van der Waals surface area contributed by atoms with Crippen molar-refractivity contribution in [3.8, 4) is 5.75 Å². The third kappa shape index (κ3) is 3.91. The number of benzene rings is 1. The monoisotopic (exact) mass is 442 g/mol. The molecule has 2 aliphatic heterocycles. The number of aliphatic hydroxyl groups is 2. The summed E-state index contributed by atoms with van der Waals surface area (Å²) in [6.45, 7) is 1.48. The molecule has 2 fully saturated rings. The van der Waals surface area contributed by atoms with Crippen molar-refractivity contribution in [1.29, 1.82) is 0 Å². The summed E-state index contributed by atoms with van der Waals surface area (Å²) < 4.78 is 11.6. The van der Waals surface area contributed by atoms with Crippen molar-refractivity contribution < 1.29 is 29.3 Å². The summed E-state index contributed by atoms with van der Waals surface area (Å²) in [6, 6.07) is 6.83. The van der Waals surface area contributed by atoms with Crippen LogP contribution in [-0.4, -0.2) is 78.1 Å². The largest absolute Gasteiger partial charge is 0.486 e. The van der Waals surface area contributed by atoms with Gasteiger partial charge in [-0.25, -0.2) is 0 Å². The lowest BCUT2D eigenvalue weighted by molar-refractivity contribution is -0.141. The van der Waals surface area contributed by atoms with Crippen LogP contribution >= 0.6 is 0 Å². The van der Waals surface area contributed by atoms with Crippen molar-refractivity contribution in [2.24, 2.45) is 11.8 Å². The lowest BCUT2D eigenvalue weighted by Crippen LogP contribution is -2.57. The topological polar surface area (TPSA) is 108 Å². The van der Waals surface area contributed by atoms with Gasteiger partial charge in [0.15, 0.2) is 0 Å². The molecule has 2 aliphatic carbocycles. The van der Waals surface area contributed by atoms with E-state index in [0.29, 0.717) is 43.4 Å². The maximum atomic E-state index is 13.4. The molecule has 1 saturated heterocycles. The van der Waals surface area contributed by atoms with Crippen molar-refractivity contribution in [2.45, 2.75) is 43.4 Å². The molecule has 3 N–H and O–H groups in total. The highest BCUT2D eigenvalue weighted by molar-refractivity contribution is 5.96. The van der Waals surface area contributed by atoms with E-state index in [-0.39, 0.29) is 30.9 Å². The second-order valence-corrected chi connectivity index (χ2v) is 9.18. The zero-order valence-electron chi connectivity index (χ0n) is 18.0. The van der Waals surface area contributed by atoms with Crippen LogP contribution in [0.25, 0.3) is 0 Å². The molecule has 0 bridgehead atoms. The molecule has 4 aliphatic rings. The van der Waals surface area contributed by atoms with Gasteiger partial charge in [0.25, 0.3) is 0 Å². The summed E-state index contributed by atoms with van der Waals surface area (Å²) in [7, 11) is 0. The van der Waals surface area contributed by atoms with E-state index in [1.54, 1.807) is 11.0 Å². The van der Waals surface area contributed by atoms with E-state index in [2.05, 4.69) is 5.32 Å². The van der Waals surface area contributed by atoms with Gasteiger partial charge in [0.2, 0.25) is 11.8 Å². The van der Waals surface area contributed by atoms with Crippen LogP contribution in [0.15, 0.2) is 35.9 Å². The summed E-state index contributed by atoms with van der Waals surface area (Å²) in [4.78, 5) is 28.3. The fourth-order valence-corrected chi connectivity index (χ4v) is 5.09. The SMILES string of the molecule is O=C(NCCO)C1=CC(N(CC2CC2)C(=O)C2CCOC2)C(O)C2Oc3ccccc3C12. The second-order valence-electron chi connectivity index (χ2n) is 9.18. The van der Waals surface area contributed by atoms with Gasteiger partial charge in [0, 0.05) is 30.8 Å². The van der Waals surface area contributed by atoms with Gasteiger partial charge in [-0.05, 0) is 37.3 Å². The Morgan fingerprint density at radius 1 is 1.19 bits per heavy atom. The molecule has 32 heavy (non-hydrogen) atoms. The minimum absolute atomic E-state index is 0.0289. The molecular formula is C24H30N2O6. The number of carbonyl (C=O) groups is 2. The van der Waals surface area contributed by atoms with E-state index in [1.807, 2.05) is 24.3 Å². The first kappa shape index (κ1) is 21.4. The third-order valence-corrected chi connectivity index (χ3v) is 6.95. The number of fused-ring (bicyclic) bond motifs is 3. The van der Waals surface area contributed by atoms with Crippen molar-refractivity contribution >= 4 is 11.8 Å². The Balaban J connectivity index is 1.51. The van der Waals surface area contributed by atoms with E-state index in [1.165, 1.54) is 0 Å². The van der Waals surface area contributed by atoms with Crippen molar-refractivity contribution in [3.63, 3.8) is 0 Å². The number of hydrogen-bond donors (Lipinski definition) is 3. The summed E-state index contributed by atoms with van der Waals surface area (Å²) in [6.07, 6.45) is 2.92. The van der Waals surface area contributed by atoms with E-state index in [0.717, 1.165) is 18.4 Å². The molecule has 0 spiro atoms. The quantitative estimate of drug-likeness (QED) is 0.570. The molecule has 5 rings (SSSR count). The second kappa shape index (κ2) is 8.84. The number of nitrogens with one attached hydrogen (secondary N) is 1. The first-order valence-electron chi connectivity index (χ1n) is 11.5. The molecule has 5 atom stereocenters. The highest BCUT2D eigenvalue weighted by Crippen LogP contribution is 2.47. The van der Waals surface area contributed by atoms with Gasteiger partial charge in [-0.15, -0.1) is 0 Å². The van der Waals surface area contributed by atoms with Crippen LogP contribution in [0.5, 0.6) is 5.75 Å². The van der Waals surface area contributed by atoms with Gasteiger partial charge in [0.05, 0.1) is 31.1 Å². The first-order chi connectivity index (χ1) is 15.6. The smallest absolute Gasteiger partial charge is 0.247 e. The zero-order valence-corrected chi connectivity index (χ0v) is 18.0. The average Bonchev–Trinajstić information content (AvgIpc) is 3.30. The fraction of sp³-hybridized carbons (Fsp3) is 0.583. The predicted molar refractivity (Wildman–Crippen MR) is 115 cm³/mol. The number of aliphatic hydroxyl groups excluding tert-OH is 2. The summed E-state index contributed by atoms with van der Waals surface area (Å²) in [5.74, 6) is 0.0811. The Morgan fingerprint density at radius 2 is 2.00 bits per heavy atom. The predicted octanol–water partition coefficient (Wildman–Crippen LogP) is 0.584. The van der Waals surface area contributed by atoms with Gasteiger partial charge in [0.1, 0.15) is 18.0 Å². The molecule has 5 unspecified atom stereocenters. The molecule has 2 heterocycles. The highest BCUT2D eigenvalue weighted by atomic mass is 16.5. The molecule has 1 aromatic carbocycles. The first-order valence-corrected chi connectivity index (χ1v) is 11.5. The number of amides is 2. The van der Waals surface area contributed by atoms with Crippen LogP contribution in [0, 0.1) is 11.8 Å². The van der Waals surface area contributed by atoms with E-state index in [4.69, 9.17) is 9.47 Å². The van der Waals surface area contributed by atoms with E-state index >= 15 is 0 Å². The molecule has 8 nitrogen and oxygen atoms in total. The maximum Gasteiger partial charge on any atom is 0.247 e. The molecule has 8 heteroatoms. The van der Waals surface area contributed by atoms with Crippen LogP contribution in [-0.2, 0) is 14.3 Å². The highest BCUT2D eigenvalue weighted by Gasteiger charge is 2.51. The molecule has 1 saturated carbocycles. The summed E-state index contributed by atoms with van der Waals surface area (Å²) in [5.41, 5.74) is 1.32. The Kier molecular flexibility index (Phi) is 5.92. The normalized spacial score (nSPS) is 30.7. The van der Waals surface area contributed by atoms with Crippen LogP contribution in [0.1, 0.15) is 30.7 Å². The summed E-state index contributed by atoms with van der Waals surface area (Å²) >= 11 is 0.